The van der Waals surface area contributed by atoms with Crippen molar-refractivity contribution >= 4 is 0 Å². The van der Waals surface area contributed by atoms with E-state index < -0.39 is 0 Å². The van der Waals surface area contributed by atoms with Crippen molar-refractivity contribution in [2.24, 2.45) is 10.8 Å². The topological polar surface area (TPSA) is 22.1 Å². The van der Waals surface area contributed by atoms with Crippen LogP contribution in [0, 0.1) is 10.8 Å². The van der Waals surface area contributed by atoms with Crippen LogP contribution in [0.1, 0.15) is 47.1 Å². The Balaban J connectivity index is 2.50. The van der Waals surface area contributed by atoms with Gasteiger partial charge in [0.1, 0.15) is 11.4 Å². The zero-order chi connectivity index (χ0) is 12.9. The van der Waals surface area contributed by atoms with Gasteiger partial charge in [0.2, 0.25) is 0 Å². The van der Waals surface area contributed by atoms with Crippen LogP contribution in [-0.4, -0.2) is 10.6 Å². The third-order valence-corrected chi connectivity index (χ3v) is 4.01. The van der Waals surface area contributed by atoms with Gasteiger partial charge >= 0.3 is 0 Å². The smallest absolute Gasteiger partial charge is 0.126 e. The van der Waals surface area contributed by atoms with E-state index in [-0.39, 0.29) is 16.4 Å². The zero-order valence-electron chi connectivity index (χ0n) is 11.8. The Labute approximate surface area is 104 Å². The van der Waals surface area contributed by atoms with Crippen LogP contribution in [0.3, 0.4) is 0 Å². The van der Waals surface area contributed by atoms with Crippen molar-refractivity contribution in [2.45, 2.75) is 53.6 Å². The predicted molar refractivity (Wildman–Crippen MR) is 70.2 cm³/mol. The van der Waals surface area contributed by atoms with Crippen LogP contribution in [0.25, 0.3) is 0 Å². The predicted octanol–water partition coefficient (Wildman–Crippen LogP) is 3.85. The normalized spacial score (nSPS) is 18.7. The van der Waals surface area contributed by atoms with Crippen LogP contribution in [-0.2, 0) is 6.42 Å². The standard InChI is InChI=1S/C15H23NO/c1-13(2,3)15(14(4,5)6)9-11-10-16-8-7-12(11)17-15/h7-8,10H,9H2,1-6H3. The Morgan fingerprint density at radius 3 is 2.18 bits per heavy atom. The van der Waals surface area contributed by atoms with E-state index in [1.807, 2.05) is 12.3 Å². The summed E-state index contributed by atoms with van der Waals surface area (Å²) in [5.41, 5.74) is 1.25. The van der Waals surface area contributed by atoms with Gasteiger partial charge in [-0.1, -0.05) is 41.5 Å². The summed E-state index contributed by atoms with van der Waals surface area (Å²) < 4.78 is 6.38. The highest BCUT2D eigenvalue weighted by Crippen LogP contribution is 2.53. The Morgan fingerprint density at radius 1 is 1.12 bits per heavy atom. The molecule has 0 fully saturated rings. The van der Waals surface area contributed by atoms with Crippen molar-refractivity contribution in [3.63, 3.8) is 0 Å². The number of ether oxygens (including phenoxy) is 1. The first-order valence-electron chi connectivity index (χ1n) is 6.29. The molecule has 2 heteroatoms. The number of nitrogens with zero attached hydrogens (tertiary/aromatic N) is 1. The van der Waals surface area contributed by atoms with E-state index in [0.717, 1.165) is 12.2 Å². The monoisotopic (exact) mass is 233 g/mol. The molecule has 1 aliphatic heterocycles. The number of fused-ring (bicyclic) bond motifs is 1. The van der Waals surface area contributed by atoms with Gasteiger partial charge in [0, 0.05) is 35.2 Å². The molecular weight excluding hydrogens is 210 g/mol. The van der Waals surface area contributed by atoms with E-state index in [1.165, 1.54) is 5.56 Å². The first-order valence-corrected chi connectivity index (χ1v) is 6.29. The molecule has 0 spiro atoms. The number of rotatable bonds is 0. The van der Waals surface area contributed by atoms with E-state index in [0.29, 0.717) is 0 Å². The highest BCUT2D eigenvalue weighted by Gasteiger charge is 2.56. The van der Waals surface area contributed by atoms with Crippen molar-refractivity contribution in [2.75, 3.05) is 0 Å². The lowest BCUT2D eigenvalue weighted by molar-refractivity contribution is -0.0986. The van der Waals surface area contributed by atoms with E-state index in [2.05, 4.69) is 46.5 Å². The van der Waals surface area contributed by atoms with E-state index in [1.54, 1.807) is 6.20 Å². The fourth-order valence-electron chi connectivity index (χ4n) is 3.10. The highest BCUT2D eigenvalue weighted by atomic mass is 16.5. The Bertz CT molecular complexity index is 382. The first-order chi connectivity index (χ1) is 7.67. The molecule has 0 saturated heterocycles. The highest BCUT2D eigenvalue weighted by molar-refractivity contribution is 5.38. The van der Waals surface area contributed by atoms with E-state index >= 15 is 0 Å². The van der Waals surface area contributed by atoms with Crippen molar-refractivity contribution in [3.05, 3.63) is 24.0 Å². The summed E-state index contributed by atoms with van der Waals surface area (Å²) in [5.74, 6) is 1.00. The Kier molecular flexibility index (Phi) is 2.53. The molecular formula is C15H23NO. The first kappa shape index (κ1) is 12.4. The summed E-state index contributed by atoms with van der Waals surface area (Å²) in [6.45, 7) is 13.6. The maximum absolute atomic E-state index is 6.38. The maximum atomic E-state index is 6.38. The van der Waals surface area contributed by atoms with Gasteiger partial charge in [0.05, 0.1) is 0 Å². The molecule has 2 heterocycles. The molecule has 0 atom stereocenters. The fourth-order valence-corrected chi connectivity index (χ4v) is 3.10. The van der Waals surface area contributed by atoms with Crippen molar-refractivity contribution in [1.82, 2.24) is 4.98 Å². The summed E-state index contributed by atoms with van der Waals surface area (Å²) in [4.78, 5) is 4.21. The molecule has 2 nitrogen and oxygen atoms in total. The molecule has 0 bridgehead atoms. The third-order valence-electron chi connectivity index (χ3n) is 4.01. The van der Waals surface area contributed by atoms with Crippen molar-refractivity contribution in [3.8, 4) is 5.75 Å². The number of aromatic nitrogens is 1. The molecule has 94 valence electrons. The number of hydrogen-bond donors (Lipinski definition) is 0. The fraction of sp³-hybridized carbons (Fsp3) is 0.667. The molecule has 0 N–H and O–H groups in total. The van der Waals surface area contributed by atoms with Gasteiger partial charge in [-0.25, -0.2) is 0 Å². The molecule has 0 saturated carbocycles. The second kappa shape index (κ2) is 3.47. The molecule has 1 aromatic rings. The molecule has 0 aromatic carbocycles. The van der Waals surface area contributed by atoms with Gasteiger partial charge in [-0.3, -0.25) is 4.98 Å². The molecule has 0 radical (unpaired) electrons. The molecule has 0 amide bonds. The minimum absolute atomic E-state index is 0.0876. The third kappa shape index (κ3) is 1.74. The summed E-state index contributed by atoms with van der Waals surface area (Å²) in [5, 5.41) is 0. The van der Waals surface area contributed by atoms with Crippen LogP contribution >= 0.6 is 0 Å². The molecule has 2 rings (SSSR count). The summed E-state index contributed by atoms with van der Waals surface area (Å²) >= 11 is 0. The lowest BCUT2D eigenvalue weighted by Crippen LogP contribution is -2.56. The van der Waals surface area contributed by atoms with Crippen LogP contribution in [0.2, 0.25) is 0 Å². The summed E-state index contributed by atoms with van der Waals surface area (Å²) in [7, 11) is 0. The lowest BCUT2D eigenvalue weighted by Gasteiger charge is -2.50. The van der Waals surface area contributed by atoms with Gasteiger partial charge in [0.25, 0.3) is 0 Å². The van der Waals surface area contributed by atoms with Crippen LogP contribution in [0.4, 0.5) is 0 Å². The Hall–Kier alpha value is -1.05. The maximum Gasteiger partial charge on any atom is 0.126 e. The van der Waals surface area contributed by atoms with Gasteiger partial charge in [-0.05, 0) is 6.07 Å². The molecule has 1 aliphatic rings. The van der Waals surface area contributed by atoms with Crippen molar-refractivity contribution < 1.29 is 4.74 Å². The second-order valence-electron chi connectivity index (χ2n) is 7.09. The van der Waals surface area contributed by atoms with E-state index in [9.17, 15) is 0 Å². The molecule has 1 aromatic heterocycles. The number of pyridine rings is 1. The van der Waals surface area contributed by atoms with Crippen LogP contribution in [0.15, 0.2) is 18.5 Å². The SMILES string of the molecule is CC(C)(C)C1(C(C)(C)C)Cc2cnccc2O1. The van der Waals surface area contributed by atoms with Crippen LogP contribution in [0.5, 0.6) is 5.75 Å². The van der Waals surface area contributed by atoms with Crippen LogP contribution < -0.4 is 4.74 Å². The average molecular weight is 233 g/mol. The lowest BCUT2D eigenvalue weighted by atomic mass is 9.61. The van der Waals surface area contributed by atoms with Gasteiger partial charge in [-0.2, -0.15) is 0 Å². The summed E-state index contributed by atoms with van der Waals surface area (Å²) in [6, 6.07) is 1.98. The largest absolute Gasteiger partial charge is 0.485 e. The second-order valence-corrected chi connectivity index (χ2v) is 7.09. The summed E-state index contributed by atoms with van der Waals surface area (Å²) in [6.07, 6.45) is 4.69. The Morgan fingerprint density at radius 2 is 1.71 bits per heavy atom. The molecule has 17 heavy (non-hydrogen) atoms. The van der Waals surface area contributed by atoms with Gasteiger partial charge < -0.3 is 4.74 Å². The molecule has 0 aliphatic carbocycles. The quantitative estimate of drug-likeness (QED) is 0.679. The van der Waals surface area contributed by atoms with Gasteiger partial charge in [-0.15, -0.1) is 0 Å². The van der Waals surface area contributed by atoms with E-state index in [4.69, 9.17) is 4.74 Å². The minimum Gasteiger partial charge on any atom is -0.485 e. The average Bonchev–Trinajstić information content (AvgIpc) is 2.55. The minimum atomic E-state index is -0.161. The molecule has 0 unspecified atom stereocenters. The van der Waals surface area contributed by atoms with Crippen molar-refractivity contribution in [1.29, 1.82) is 0 Å². The zero-order valence-corrected chi connectivity index (χ0v) is 11.8. The van der Waals surface area contributed by atoms with Gasteiger partial charge in [0.15, 0.2) is 0 Å². The number of hydrogen-bond acceptors (Lipinski definition) is 2.